The van der Waals surface area contributed by atoms with Crippen molar-refractivity contribution < 1.29 is 0 Å². The summed E-state index contributed by atoms with van der Waals surface area (Å²) in [6.07, 6.45) is 2.52. The molecule has 0 radical (unpaired) electrons. The molecular weight excluding hydrogens is 292 g/mol. The monoisotopic (exact) mass is 350 g/mol. The lowest BCUT2D eigenvalue weighted by molar-refractivity contribution is 0.180. The molecule has 0 aromatic carbocycles. The molecular formula is C22H58N2. The van der Waals surface area contributed by atoms with E-state index >= 15 is 0 Å². The highest BCUT2D eigenvalue weighted by Gasteiger charge is 2.14. The van der Waals surface area contributed by atoms with Crippen LogP contribution in [0.25, 0.3) is 0 Å². The molecule has 0 aliphatic carbocycles. The molecule has 0 saturated heterocycles. The van der Waals surface area contributed by atoms with Crippen molar-refractivity contribution in [3.8, 4) is 0 Å². The molecule has 0 heterocycles. The number of likely N-dealkylation sites (N-methyl/N-ethyl adjacent to an activating group) is 2. The smallest absolute Gasteiger partial charge is 0.0109 e. The third kappa shape index (κ3) is 43.1. The van der Waals surface area contributed by atoms with Gasteiger partial charge in [0.2, 0.25) is 0 Å². The second-order valence-electron chi connectivity index (χ2n) is 5.12. The van der Waals surface area contributed by atoms with Gasteiger partial charge < -0.3 is 9.80 Å². The van der Waals surface area contributed by atoms with Gasteiger partial charge in [0.25, 0.3) is 0 Å². The zero-order chi connectivity index (χ0) is 21.1. The average molecular weight is 351 g/mol. The summed E-state index contributed by atoms with van der Waals surface area (Å²) in [6, 6.07) is 0.699. The first-order valence-corrected chi connectivity index (χ1v) is 10.7. The summed E-state index contributed by atoms with van der Waals surface area (Å²) < 4.78 is 0. The van der Waals surface area contributed by atoms with E-state index in [0.29, 0.717) is 6.04 Å². The maximum atomic E-state index is 2.45. The van der Waals surface area contributed by atoms with E-state index in [1.54, 1.807) is 0 Å². The number of hydrogen-bond acceptors (Lipinski definition) is 2. The molecule has 0 amide bonds. The lowest BCUT2D eigenvalue weighted by Gasteiger charge is -2.30. The van der Waals surface area contributed by atoms with Gasteiger partial charge in [0.05, 0.1) is 0 Å². The van der Waals surface area contributed by atoms with E-state index in [0.717, 1.165) is 12.5 Å². The zero-order valence-electron chi connectivity index (χ0n) is 20.9. The van der Waals surface area contributed by atoms with Crippen LogP contribution in [-0.4, -0.2) is 50.1 Å². The third-order valence-electron chi connectivity index (χ3n) is 3.06. The van der Waals surface area contributed by atoms with E-state index in [4.69, 9.17) is 0 Å². The summed E-state index contributed by atoms with van der Waals surface area (Å²) >= 11 is 0. The molecule has 0 aliphatic rings. The van der Waals surface area contributed by atoms with E-state index in [1.807, 2.05) is 55.4 Å². The average Bonchev–Trinajstić information content (AvgIpc) is 2.65. The summed E-state index contributed by atoms with van der Waals surface area (Å²) in [6.45, 7) is 29.5. The van der Waals surface area contributed by atoms with Crippen LogP contribution in [0.3, 0.4) is 0 Å². The fourth-order valence-corrected chi connectivity index (χ4v) is 1.34. The first kappa shape index (κ1) is 39.1. The third-order valence-corrected chi connectivity index (χ3v) is 3.06. The molecule has 0 aromatic heterocycles. The summed E-state index contributed by atoms with van der Waals surface area (Å²) in [5.74, 6) is 0.798. The minimum absolute atomic E-state index is 0.699. The Morgan fingerprint density at radius 1 is 0.625 bits per heavy atom. The van der Waals surface area contributed by atoms with Crippen LogP contribution in [0, 0.1) is 5.92 Å². The Morgan fingerprint density at radius 3 is 1.12 bits per heavy atom. The summed E-state index contributed by atoms with van der Waals surface area (Å²) in [4.78, 5) is 4.69. The van der Waals surface area contributed by atoms with Crippen LogP contribution in [0.4, 0.5) is 0 Å². The predicted octanol–water partition coefficient (Wildman–Crippen LogP) is 7.44. The molecule has 0 bridgehead atoms. The molecule has 0 saturated carbocycles. The van der Waals surface area contributed by atoms with Crippen LogP contribution in [0.5, 0.6) is 0 Å². The van der Waals surface area contributed by atoms with Gasteiger partial charge in [0.15, 0.2) is 0 Å². The zero-order valence-corrected chi connectivity index (χ0v) is 20.9. The molecule has 156 valence electrons. The SMILES string of the molecule is CC.CC.CC.CC.CCC.CCC(C)C(C)N(C)CCN(C)C. The van der Waals surface area contributed by atoms with Gasteiger partial charge in [-0.2, -0.15) is 0 Å². The lowest BCUT2D eigenvalue weighted by Crippen LogP contribution is -2.38. The largest absolute Gasteiger partial charge is 0.308 e. The van der Waals surface area contributed by atoms with Crippen molar-refractivity contribution >= 4 is 0 Å². The van der Waals surface area contributed by atoms with E-state index in [-0.39, 0.29) is 0 Å². The van der Waals surface area contributed by atoms with Crippen molar-refractivity contribution in [3.05, 3.63) is 0 Å². The Bertz CT molecular complexity index is 136. The number of hydrogen-bond donors (Lipinski definition) is 0. The number of rotatable bonds is 6. The van der Waals surface area contributed by atoms with Gasteiger partial charge in [-0.3, -0.25) is 0 Å². The Labute approximate surface area is 159 Å². The van der Waals surface area contributed by atoms with Crippen molar-refractivity contribution in [1.82, 2.24) is 9.80 Å². The minimum atomic E-state index is 0.699. The van der Waals surface area contributed by atoms with Crippen molar-refractivity contribution in [2.24, 2.45) is 5.92 Å². The van der Waals surface area contributed by atoms with Crippen LogP contribution in [0.1, 0.15) is 103 Å². The highest BCUT2D eigenvalue weighted by Crippen LogP contribution is 2.11. The second-order valence-corrected chi connectivity index (χ2v) is 5.12. The maximum Gasteiger partial charge on any atom is 0.0109 e. The van der Waals surface area contributed by atoms with E-state index in [1.165, 1.54) is 19.4 Å². The highest BCUT2D eigenvalue weighted by atomic mass is 15.2. The van der Waals surface area contributed by atoms with E-state index < -0.39 is 0 Å². The molecule has 0 aliphatic heterocycles. The second kappa shape index (κ2) is 43.5. The normalized spacial score (nSPS) is 10.8. The van der Waals surface area contributed by atoms with Gasteiger partial charge in [-0.15, -0.1) is 0 Å². The molecule has 2 atom stereocenters. The first-order chi connectivity index (χ1) is 11.4. The summed E-state index contributed by atoms with van der Waals surface area (Å²) in [5.41, 5.74) is 0. The van der Waals surface area contributed by atoms with Crippen LogP contribution in [-0.2, 0) is 0 Å². The minimum Gasteiger partial charge on any atom is -0.308 e. The lowest BCUT2D eigenvalue weighted by atomic mass is 10.00. The van der Waals surface area contributed by atoms with Gasteiger partial charge in [0.1, 0.15) is 0 Å². The Kier molecular flexibility index (Phi) is 70.8. The fraction of sp³-hybridized carbons (Fsp3) is 1.00. The van der Waals surface area contributed by atoms with Gasteiger partial charge in [-0.25, -0.2) is 0 Å². The molecule has 2 unspecified atom stereocenters. The topological polar surface area (TPSA) is 6.48 Å². The predicted molar refractivity (Wildman–Crippen MR) is 121 cm³/mol. The van der Waals surface area contributed by atoms with Crippen molar-refractivity contribution in [3.63, 3.8) is 0 Å². The summed E-state index contributed by atoms with van der Waals surface area (Å²) in [7, 11) is 6.48. The van der Waals surface area contributed by atoms with E-state index in [9.17, 15) is 0 Å². The highest BCUT2D eigenvalue weighted by molar-refractivity contribution is 4.69. The molecule has 0 N–H and O–H groups in total. The van der Waals surface area contributed by atoms with Crippen LogP contribution in [0.15, 0.2) is 0 Å². The van der Waals surface area contributed by atoms with Crippen molar-refractivity contribution in [2.75, 3.05) is 34.2 Å². The fourth-order valence-electron chi connectivity index (χ4n) is 1.34. The van der Waals surface area contributed by atoms with Crippen molar-refractivity contribution in [1.29, 1.82) is 0 Å². The molecule has 0 spiro atoms. The Balaban J connectivity index is -0.0000000616. The van der Waals surface area contributed by atoms with Gasteiger partial charge in [-0.1, -0.05) is 95.9 Å². The molecule has 24 heavy (non-hydrogen) atoms. The van der Waals surface area contributed by atoms with Crippen LogP contribution < -0.4 is 0 Å². The molecule has 0 rings (SSSR count). The van der Waals surface area contributed by atoms with Crippen LogP contribution >= 0.6 is 0 Å². The molecule has 0 fully saturated rings. The van der Waals surface area contributed by atoms with E-state index in [2.05, 4.69) is 65.6 Å². The molecule has 2 nitrogen and oxygen atoms in total. The number of nitrogens with zero attached hydrogens (tertiary/aromatic N) is 2. The van der Waals surface area contributed by atoms with Gasteiger partial charge in [-0.05, 0) is 34.0 Å². The molecule has 2 heteroatoms. The summed E-state index contributed by atoms with van der Waals surface area (Å²) in [5, 5.41) is 0. The Morgan fingerprint density at radius 2 is 0.917 bits per heavy atom. The van der Waals surface area contributed by atoms with Gasteiger partial charge in [0, 0.05) is 19.1 Å². The maximum absolute atomic E-state index is 2.45. The molecule has 0 aromatic rings. The van der Waals surface area contributed by atoms with Crippen molar-refractivity contribution in [2.45, 2.75) is 109 Å². The van der Waals surface area contributed by atoms with Crippen LogP contribution in [0.2, 0.25) is 0 Å². The van der Waals surface area contributed by atoms with Gasteiger partial charge >= 0.3 is 0 Å². The standard InChI is InChI=1S/C11H26N2.C3H8.4C2H6/c1-7-10(2)11(3)13(6)9-8-12(4)5;1-3-2;4*1-2/h10-11H,7-9H2,1-6H3;3H2,1-2H3;4*1-2H3. The Hall–Kier alpha value is -0.0800. The first-order valence-electron chi connectivity index (χ1n) is 10.7. The quantitative estimate of drug-likeness (QED) is 0.491.